The van der Waals surface area contributed by atoms with Gasteiger partial charge in [0.05, 0.1) is 6.42 Å². The summed E-state index contributed by atoms with van der Waals surface area (Å²) in [6, 6.07) is 0. The van der Waals surface area contributed by atoms with Gasteiger partial charge in [-0.2, -0.15) is 0 Å². The molecule has 0 radical (unpaired) electrons. The van der Waals surface area contributed by atoms with Crippen molar-refractivity contribution in [3.05, 3.63) is 0 Å². The van der Waals surface area contributed by atoms with E-state index in [0.29, 0.717) is 19.5 Å². The second kappa shape index (κ2) is 4.91. The highest BCUT2D eigenvalue weighted by molar-refractivity contribution is 8.13. The van der Waals surface area contributed by atoms with Gasteiger partial charge in [0.15, 0.2) is 0 Å². The summed E-state index contributed by atoms with van der Waals surface area (Å²) < 4.78 is 9.50. The molecule has 0 aromatic carbocycles. The summed E-state index contributed by atoms with van der Waals surface area (Å²) in [6.07, 6.45) is 1.02. The van der Waals surface area contributed by atoms with Gasteiger partial charge >= 0.3 is 6.09 Å². The predicted octanol–water partition coefficient (Wildman–Crippen LogP) is 2.26. The van der Waals surface area contributed by atoms with Crippen LogP contribution in [0.25, 0.3) is 0 Å². The molecule has 0 aliphatic carbocycles. The van der Waals surface area contributed by atoms with Crippen molar-refractivity contribution in [1.29, 1.82) is 0 Å². The maximum atomic E-state index is 11.9. The molecule has 0 unspecified atom stereocenters. The first-order valence-electron chi connectivity index (χ1n) is 6.10. The van der Waals surface area contributed by atoms with Crippen LogP contribution in [0.3, 0.4) is 0 Å². The number of hydrogen-bond donors (Lipinski definition) is 0. The molecule has 1 amide bonds. The van der Waals surface area contributed by atoms with E-state index in [4.69, 9.17) is 4.74 Å². The van der Waals surface area contributed by atoms with Crippen LogP contribution in [-0.2, 0) is 9.53 Å². The van der Waals surface area contributed by atoms with Crippen LogP contribution in [0.2, 0.25) is 0 Å². The average molecular weight is 270 g/mol. The number of carbonyl (C=O) groups excluding carboxylic acids is 2. The van der Waals surface area contributed by atoms with Crippen molar-refractivity contribution in [2.45, 2.75) is 39.2 Å². The Morgan fingerprint density at radius 1 is 1.50 bits per heavy atom. The van der Waals surface area contributed by atoms with Crippen molar-refractivity contribution in [2.24, 2.45) is 10.3 Å². The van der Waals surface area contributed by atoms with Crippen molar-refractivity contribution < 1.29 is 14.3 Å². The molecule has 2 aliphatic rings. The zero-order valence-corrected chi connectivity index (χ0v) is 11.7. The van der Waals surface area contributed by atoms with Crippen molar-refractivity contribution in [1.82, 2.24) is 4.90 Å². The fourth-order valence-corrected chi connectivity index (χ4v) is 2.71. The van der Waals surface area contributed by atoms with E-state index in [-0.39, 0.29) is 17.1 Å². The van der Waals surface area contributed by atoms with Crippen molar-refractivity contribution >= 4 is 28.9 Å². The number of nitrogens with zero attached hydrogens (tertiary/aromatic N) is 2. The Labute approximate surface area is 111 Å². The molecule has 0 aromatic heterocycles. The molecule has 1 atom stereocenters. The van der Waals surface area contributed by atoms with Gasteiger partial charge in [-0.3, -0.25) is 4.79 Å². The van der Waals surface area contributed by atoms with Crippen LogP contribution in [0, 0.1) is 5.92 Å². The van der Waals surface area contributed by atoms with Gasteiger partial charge in [-0.1, -0.05) is 0 Å². The van der Waals surface area contributed by atoms with Gasteiger partial charge in [0.1, 0.15) is 5.60 Å². The third kappa shape index (κ3) is 3.25. The number of likely N-dealkylation sites (tertiary alicyclic amines) is 1. The van der Waals surface area contributed by atoms with E-state index in [1.165, 1.54) is 0 Å². The maximum Gasteiger partial charge on any atom is 0.410 e. The molecule has 2 heterocycles. The van der Waals surface area contributed by atoms with Crippen LogP contribution < -0.4 is 0 Å². The monoisotopic (exact) mass is 270 g/mol. The molecule has 0 spiro atoms. The average Bonchev–Trinajstić information content (AvgIpc) is 2.82. The van der Waals surface area contributed by atoms with Gasteiger partial charge in [0, 0.05) is 36.7 Å². The zero-order valence-electron chi connectivity index (χ0n) is 10.9. The molecule has 1 fully saturated rings. The summed E-state index contributed by atoms with van der Waals surface area (Å²) in [5.41, 5.74) is 0.461. The summed E-state index contributed by atoms with van der Waals surface area (Å²) >= 11 is 1.03. The van der Waals surface area contributed by atoms with Gasteiger partial charge in [0.25, 0.3) is 0 Å². The standard InChI is InChI=1S/C12H18N2O3S/c1-12(2,3)17-11(16)14-5-4-8(7-14)9-6-10(15)18-13-9/h8H,4-7H2,1-3H3/t8-/m1/s1. The Hall–Kier alpha value is -1.04. The summed E-state index contributed by atoms with van der Waals surface area (Å²) in [5.74, 6) is 0.219. The lowest BCUT2D eigenvalue weighted by Crippen LogP contribution is -2.35. The van der Waals surface area contributed by atoms with Crippen LogP contribution in [-0.4, -0.2) is 40.5 Å². The minimum Gasteiger partial charge on any atom is -0.444 e. The largest absolute Gasteiger partial charge is 0.444 e. The van der Waals surface area contributed by atoms with E-state index in [9.17, 15) is 9.59 Å². The summed E-state index contributed by atoms with van der Waals surface area (Å²) in [4.78, 5) is 24.7. The van der Waals surface area contributed by atoms with E-state index in [1.807, 2.05) is 20.8 Å². The summed E-state index contributed by atoms with van der Waals surface area (Å²) in [7, 11) is 0. The smallest absolute Gasteiger partial charge is 0.410 e. The molecular formula is C12H18N2O3S. The van der Waals surface area contributed by atoms with E-state index >= 15 is 0 Å². The minimum atomic E-state index is -0.466. The first-order valence-corrected chi connectivity index (χ1v) is 6.87. The minimum absolute atomic E-state index is 0.0979. The fraction of sp³-hybridized carbons (Fsp3) is 0.750. The zero-order chi connectivity index (χ0) is 13.3. The van der Waals surface area contributed by atoms with Gasteiger partial charge in [-0.15, -0.1) is 0 Å². The topological polar surface area (TPSA) is 59.0 Å². The lowest BCUT2D eigenvalue weighted by molar-refractivity contribution is -0.109. The number of ether oxygens (including phenoxy) is 1. The molecular weight excluding hydrogens is 252 g/mol. The van der Waals surface area contributed by atoms with Gasteiger partial charge in [-0.05, 0) is 27.2 Å². The number of rotatable bonds is 1. The molecule has 0 aromatic rings. The Morgan fingerprint density at radius 2 is 2.22 bits per heavy atom. The molecule has 100 valence electrons. The summed E-state index contributed by atoms with van der Waals surface area (Å²) in [5, 5.41) is 0.0979. The summed E-state index contributed by atoms with van der Waals surface area (Å²) in [6.45, 7) is 6.86. The van der Waals surface area contributed by atoms with Gasteiger partial charge in [-0.25, -0.2) is 9.19 Å². The molecule has 0 bridgehead atoms. The van der Waals surface area contributed by atoms with Crippen molar-refractivity contribution in [3.63, 3.8) is 0 Å². The number of carbonyl (C=O) groups is 2. The highest BCUT2D eigenvalue weighted by Gasteiger charge is 2.34. The Morgan fingerprint density at radius 3 is 2.78 bits per heavy atom. The second-order valence-electron chi connectivity index (χ2n) is 5.63. The Balaban J connectivity index is 1.89. The molecule has 1 saturated heterocycles. The first kappa shape index (κ1) is 13.4. The van der Waals surface area contributed by atoms with Gasteiger partial charge < -0.3 is 9.64 Å². The number of hydrogen-bond acceptors (Lipinski definition) is 5. The third-order valence-electron chi connectivity index (χ3n) is 2.90. The van der Waals surface area contributed by atoms with Crippen molar-refractivity contribution in [2.75, 3.05) is 13.1 Å². The fourth-order valence-electron chi connectivity index (χ4n) is 2.07. The van der Waals surface area contributed by atoms with Crippen LogP contribution in [0.15, 0.2) is 4.40 Å². The molecule has 0 saturated carbocycles. The quantitative estimate of drug-likeness (QED) is 0.686. The number of amides is 1. The van der Waals surface area contributed by atoms with Gasteiger partial charge in [0.2, 0.25) is 5.12 Å². The molecule has 2 aliphatic heterocycles. The SMILES string of the molecule is CC(C)(C)OC(=O)N1CC[C@@H](C2=NSC(=O)C2)C1. The normalized spacial score (nSPS) is 24.4. The van der Waals surface area contributed by atoms with Crippen LogP contribution >= 0.6 is 11.9 Å². The van der Waals surface area contributed by atoms with Crippen LogP contribution in [0.4, 0.5) is 4.79 Å². The molecule has 0 N–H and O–H groups in total. The molecule has 6 heteroatoms. The highest BCUT2D eigenvalue weighted by atomic mass is 32.2. The van der Waals surface area contributed by atoms with E-state index < -0.39 is 5.60 Å². The lowest BCUT2D eigenvalue weighted by atomic mass is 10.0. The maximum absolute atomic E-state index is 11.9. The van der Waals surface area contributed by atoms with Crippen LogP contribution in [0.1, 0.15) is 33.6 Å². The first-order chi connectivity index (χ1) is 8.35. The van der Waals surface area contributed by atoms with E-state index in [0.717, 1.165) is 24.1 Å². The lowest BCUT2D eigenvalue weighted by Gasteiger charge is -2.24. The van der Waals surface area contributed by atoms with E-state index in [2.05, 4.69) is 4.40 Å². The van der Waals surface area contributed by atoms with E-state index in [1.54, 1.807) is 4.90 Å². The molecule has 18 heavy (non-hydrogen) atoms. The third-order valence-corrected chi connectivity index (χ3v) is 3.58. The molecule has 5 nitrogen and oxygen atoms in total. The second-order valence-corrected chi connectivity index (χ2v) is 6.46. The predicted molar refractivity (Wildman–Crippen MR) is 70.6 cm³/mol. The Bertz CT molecular complexity index is 401. The Kier molecular flexibility index (Phi) is 3.66. The van der Waals surface area contributed by atoms with Crippen molar-refractivity contribution in [3.8, 4) is 0 Å². The highest BCUT2D eigenvalue weighted by Crippen LogP contribution is 2.28. The molecule has 2 rings (SSSR count). The van der Waals surface area contributed by atoms with Crippen LogP contribution in [0.5, 0.6) is 0 Å².